The van der Waals surface area contributed by atoms with Gasteiger partial charge in [-0.15, -0.1) is 0 Å². The quantitative estimate of drug-likeness (QED) is 0.507. The predicted octanol–water partition coefficient (Wildman–Crippen LogP) is 5.22. The number of hydrogen-bond donors (Lipinski definition) is 2. The average Bonchev–Trinajstić information content (AvgIpc) is 3.23. The van der Waals surface area contributed by atoms with Crippen LogP contribution in [-0.4, -0.2) is 41.5 Å². The monoisotopic (exact) mass is 426 g/mol. The topological polar surface area (TPSA) is 70.4 Å². The molecule has 158 valence electrons. The maximum atomic E-state index is 12.7. The highest BCUT2D eigenvalue weighted by Gasteiger charge is 2.18. The van der Waals surface area contributed by atoms with Crippen molar-refractivity contribution in [3.8, 4) is 0 Å². The fraction of sp³-hybridized carbons (Fsp3) is 0.391. The van der Waals surface area contributed by atoms with Gasteiger partial charge in [-0.3, -0.25) is 4.79 Å². The average molecular weight is 427 g/mol. The lowest BCUT2D eigenvalue weighted by Gasteiger charge is -2.33. The fourth-order valence-corrected chi connectivity index (χ4v) is 4.04. The molecular weight excluding hydrogens is 400 g/mol. The van der Waals surface area contributed by atoms with E-state index >= 15 is 0 Å². The van der Waals surface area contributed by atoms with Crippen LogP contribution in [0.1, 0.15) is 43.1 Å². The summed E-state index contributed by atoms with van der Waals surface area (Å²) in [5.41, 5.74) is 1.79. The normalized spacial score (nSPS) is 17.2. The van der Waals surface area contributed by atoms with Gasteiger partial charge in [0.05, 0.1) is 11.6 Å². The molecule has 2 N–H and O–H groups in total. The van der Waals surface area contributed by atoms with Gasteiger partial charge in [-0.1, -0.05) is 18.0 Å². The third kappa shape index (κ3) is 4.94. The maximum Gasteiger partial charge on any atom is 0.270 e. The van der Waals surface area contributed by atoms with Gasteiger partial charge in [-0.05, 0) is 63.1 Å². The standard InChI is InChI=1S/C23H27ClN4O2/c1-16-5-2-3-12-28(16)13-4-11-25-23(29)20-15-21-19(10-14-30-21)22(27-20)26-18-8-6-17(24)7-9-18/h6-10,14-16H,2-5,11-13H2,1H3,(H,25,29)(H,26,27). The highest BCUT2D eigenvalue weighted by atomic mass is 35.5. The number of rotatable bonds is 7. The molecule has 0 aliphatic carbocycles. The van der Waals surface area contributed by atoms with Gasteiger partial charge in [-0.25, -0.2) is 4.98 Å². The zero-order valence-electron chi connectivity index (χ0n) is 17.2. The van der Waals surface area contributed by atoms with Gasteiger partial charge >= 0.3 is 0 Å². The number of anilines is 2. The van der Waals surface area contributed by atoms with Crippen LogP contribution in [-0.2, 0) is 0 Å². The molecule has 3 heterocycles. The predicted molar refractivity (Wildman–Crippen MR) is 121 cm³/mol. The Hall–Kier alpha value is -2.57. The summed E-state index contributed by atoms with van der Waals surface area (Å²) in [6.07, 6.45) is 6.38. The molecule has 1 aliphatic rings. The molecule has 1 fully saturated rings. The van der Waals surface area contributed by atoms with E-state index in [1.807, 2.05) is 18.2 Å². The summed E-state index contributed by atoms with van der Waals surface area (Å²) in [5.74, 6) is 0.384. The second kappa shape index (κ2) is 9.49. The first kappa shape index (κ1) is 20.7. The molecule has 1 aromatic carbocycles. The van der Waals surface area contributed by atoms with Crippen molar-refractivity contribution >= 4 is 40.0 Å². The largest absolute Gasteiger partial charge is 0.464 e. The van der Waals surface area contributed by atoms with Gasteiger partial charge in [-0.2, -0.15) is 0 Å². The van der Waals surface area contributed by atoms with Crippen LogP contribution in [0.5, 0.6) is 0 Å². The van der Waals surface area contributed by atoms with Gasteiger partial charge in [0.2, 0.25) is 0 Å². The first-order chi connectivity index (χ1) is 14.6. The summed E-state index contributed by atoms with van der Waals surface area (Å²) in [5, 5.41) is 7.73. The number of carbonyl (C=O) groups is 1. The number of fused-ring (bicyclic) bond motifs is 1. The van der Waals surface area contributed by atoms with Crippen molar-refractivity contribution in [3.63, 3.8) is 0 Å². The molecule has 30 heavy (non-hydrogen) atoms. The third-order valence-electron chi connectivity index (χ3n) is 5.64. The van der Waals surface area contributed by atoms with Gasteiger partial charge in [0, 0.05) is 35.9 Å². The molecule has 6 nitrogen and oxygen atoms in total. The Labute approximate surface area is 181 Å². The second-order valence-corrected chi connectivity index (χ2v) is 8.25. The summed E-state index contributed by atoms with van der Waals surface area (Å²) in [4.78, 5) is 19.8. The highest BCUT2D eigenvalue weighted by molar-refractivity contribution is 6.30. The van der Waals surface area contributed by atoms with Crippen molar-refractivity contribution in [2.45, 2.75) is 38.6 Å². The SMILES string of the molecule is CC1CCCCN1CCCNC(=O)c1cc2occc2c(Nc2ccc(Cl)cc2)n1. The Morgan fingerprint density at radius 2 is 2.10 bits per heavy atom. The second-order valence-electron chi connectivity index (χ2n) is 7.81. The van der Waals surface area contributed by atoms with E-state index < -0.39 is 0 Å². The first-order valence-electron chi connectivity index (χ1n) is 10.5. The summed E-state index contributed by atoms with van der Waals surface area (Å²) in [6, 6.07) is 11.5. The van der Waals surface area contributed by atoms with Crippen molar-refractivity contribution in [1.82, 2.24) is 15.2 Å². The molecule has 1 aliphatic heterocycles. The van der Waals surface area contributed by atoms with E-state index in [0.29, 0.717) is 34.7 Å². The number of halogens is 1. The van der Waals surface area contributed by atoms with E-state index in [0.717, 1.165) is 30.6 Å². The van der Waals surface area contributed by atoms with Gasteiger partial charge in [0.15, 0.2) is 0 Å². The van der Waals surface area contributed by atoms with Gasteiger partial charge < -0.3 is 20.0 Å². The molecule has 0 spiro atoms. The minimum atomic E-state index is -0.195. The molecule has 7 heteroatoms. The van der Waals surface area contributed by atoms with Crippen molar-refractivity contribution in [1.29, 1.82) is 0 Å². The van der Waals surface area contributed by atoms with Crippen LogP contribution in [0.15, 0.2) is 47.1 Å². The molecule has 1 saturated heterocycles. The number of carbonyl (C=O) groups excluding carboxylic acids is 1. The summed E-state index contributed by atoms with van der Waals surface area (Å²) >= 11 is 5.96. The molecule has 2 aromatic heterocycles. The Morgan fingerprint density at radius 1 is 1.27 bits per heavy atom. The lowest BCUT2D eigenvalue weighted by atomic mass is 10.0. The van der Waals surface area contributed by atoms with E-state index in [1.165, 1.54) is 19.3 Å². The van der Waals surface area contributed by atoms with E-state index in [2.05, 4.69) is 27.4 Å². The van der Waals surface area contributed by atoms with Crippen LogP contribution >= 0.6 is 11.6 Å². The van der Waals surface area contributed by atoms with Crippen molar-refractivity contribution in [2.75, 3.05) is 25.0 Å². The third-order valence-corrected chi connectivity index (χ3v) is 5.89. The number of nitrogens with one attached hydrogen (secondary N) is 2. The summed E-state index contributed by atoms with van der Waals surface area (Å²) < 4.78 is 5.54. The number of benzene rings is 1. The Bertz CT molecular complexity index is 1000. The van der Waals surface area contributed by atoms with Crippen LogP contribution in [0, 0.1) is 0 Å². The number of furan rings is 1. The van der Waals surface area contributed by atoms with Crippen molar-refractivity contribution in [2.24, 2.45) is 0 Å². The number of piperidine rings is 1. The van der Waals surface area contributed by atoms with E-state index in [-0.39, 0.29) is 5.91 Å². The maximum absolute atomic E-state index is 12.7. The smallest absolute Gasteiger partial charge is 0.270 e. The fourth-order valence-electron chi connectivity index (χ4n) is 3.91. The Kier molecular flexibility index (Phi) is 6.55. The van der Waals surface area contributed by atoms with Crippen LogP contribution < -0.4 is 10.6 Å². The number of amides is 1. The first-order valence-corrected chi connectivity index (χ1v) is 10.9. The zero-order chi connectivity index (χ0) is 20.9. The number of hydrogen-bond acceptors (Lipinski definition) is 5. The van der Waals surface area contributed by atoms with E-state index in [1.54, 1.807) is 24.5 Å². The Balaban J connectivity index is 1.40. The molecule has 1 unspecified atom stereocenters. The van der Waals surface area contributed by atoms with Gasteiger partial charge in [0.1, 0.15) is 17.1 Å². The molecule has 1 amide bonds. The molecule has 0 saturated carbocycles. The van der Waals surface area contributed by atoms with Crippen LogP contribution in [0.25, 0.3) is 11.0 Å². The number of likely N-dealkylation sites (tertiary alicyclic amines) is 1. The van der Waals surface area contributed by atoms with Crippen molar-refractivity contribution in [3.05, 3.63) is 53.4 Å². The minimum Gasteiger partial charge on any atom is -0.464 e. The lowest BCUT2D eigenvalue weighted by Crippen LogP contribution is -2.39. The summed E-state index contributed by atoms with van der Waals surface area (Å²) in [7, 11) is 0. The molecule has 0 radical (unpaired) electrons. The zero-order valence-corrected chi connectivity index (χ0v) is 17.9. The molecule has 1 atom stereocenters. The molecule has 4 rings (SSSR count). The number of pyridine rings is 1. The van der Waals surface area contributed by atoms with Crippen LogP contribution in [0.2, 0.25) is 5.02 Å². The minimum absolute atomic E-state index is 0.195. The lowest BCUT2D eigenvalue weighted by molar-refractivity contribution is 0.0944. The summed E-state index contributed by atoms with van der Waals surface area (Å²) in [6.45, 7) is 5.08. The van der Waals surface area contributed by atoms with Gasteiger partial charge in [0.25, 0.3) is 5.91 Å². The number of aromatic nitrogens is 1. The molecule has 3 aromatic rings. The van der Waals surface area contributed by atoms with Crippen LogP contribution in [0.3, 0.4) is 0 Å². The molecule has 0 bridgehead atoms. The Morgan fingerprint density at radius 3 is 2.90 bits per heavy atom. The van der Waals surface area contributed by atoms with E-state index in [9.17, 15) is 4.79 Å². The number of nitrogens with zero attached hydrogens (tertiary/aromatic N) is 2. The van der Waals surface area contributed by atoms with E-state index in [4.69, 9.17) is 16.0 Å². The van der Waals surface area contributed by atoms with Crippen molar-refractivity contribution < 1.29 is 9.21 Å². The molecular formula is C23H27ClN4O2. The van der Waals surface area contributed by atoms with Crippen LogP contribution in [0.4, 0.5) is 11.5 Å². The highest BCUT2D eigenvalue weighted by Crippen LogP contribution is 2.27.